The van der Waals surface area contributed by atoms with Gasteiger partial charge in [-0.1, -0.05) is 6.58 Å². The molecule has 0 aromatic heterocycles. The van der Waals surface area contributed by atoms with Crippen molar-refractivity contribution in [3.05, 3.63) is 12.3 Å². The largest absolute Gasteiger partial charge is 0.387 e. The molecule has 1 N–H and O–H groups in total. The molecule has 0 radical (unpaired) electrons. The Morgan fingerprint density at radius 1 is 1.31 bits per heavy atom. The highest BCUT2D eigenvalue weighted by atomic mass is 16.5. The van der Waals surface area contributed by atoms with Gasteiger partial charge in [0.1, 0.15) is 0 Å². The van der Waals surface area contributed by atoms with Crippen LogP contribution in [0.5, 0.6) is 0 Å². The third kappa shape index (κ3) is 9.41. The van der Waals surface area contributed by atoms with Crippen LogP contribution in [0.3, 0.4) is 0 Å². The summed E-state index contributed by atoms with van der Waals surface area (Å²) in [5, 5.41) is 3.28. The molecule has 0 aliphatic rings. The first kappa shape index (κ1) is 12.5. The summed E-state index contributed by atoms with van der Waals surface area (Å²) in [4.78, 5) is 0. The maximum absolute atomic E-state index is 5.43. The van der Waals surface area contributed by atoms with Crippen LogP contribution in [0.1, 0.15) is 40.5 Å². The van der Waals surface area contributed by atoms with Gasteiger partial charge in [0, 0.05) is 18.3 Å². The standard InChI is InChI=1S/C11H23NO/c1-9(2)12-11(5)7-6-8-13-10(3)4/h9-10,12H,5-8H2,1-4H3. The lowest BCUT2D eigenvalue weighted by molar-refractivity contribution is 0.0769. The Kier molecular flexibility index (Phi) is 6.69. The van der Waals surface area contributed by atoms with E-state index in [0.717, 1.165) is 25.1 Å². The summed E-state index contributed by atoms with van der Waals surface area (Å²) in [6, 6.07) is 0.485. The first-order valence-electron chi connectivity index (χ1n) is 5.08. The van der Waals surface area contributed by atoms with E-state index in [9.17, 15) is 0 Å². The highest BCUT2D eigenvalue weighted by molar-refractivity contribution is 4.91. The summed E-state index contributed by atoms with van der Waals surface area (Å²) >= 11 is 0. The van der Waals surface area contributed by atoms with E-state index in [0.29, 0.717) is 12.1 Å². The van der Waals surface area contributed by atoms with Crippen molar-refractivity contribution in [1.82, 2.24) is 5.32 Å². The molecule has 0 atom stereocenters. The first-order valence-corrected chi connectivity index (χ1v) is 5.08. The summed E-state index contributed by atoms with van der Waals surface area (Å²) in [5.74, 6) is 0. The van der Waals surface area contributed by atoms with E-state index in [1.165, 1.54) is 0 Å². The zero-order chi connectivity index (χ0) is 10.3. The predicted molar refractivity (Wildman–Crippen MR) is 57.7 cm³/mol. The van der Waals surface area contributed by atoms with Crippen molar-refractivity contribution < 1.29 is 4.74 Å². The van der Waals surface area contributed by atoms with E-state index in [2.05, 4.69) is 39.6 Å². The van der Waals surface area contributed by atoms with E-state index < -0.39 is 0 Å². The molecule has 0 bridgehead atoms. The lowest BCUT2D eigenvalue weighted by Gasteiger charge is -2.13. The Hall–Kier alpha value is -0.500. The molecule has 0 heterocycles. The van der Waals surface area contributed by atoms with Gasteiger partial charge in [-0.05, 0) is 40.5 Å². The number of hydrogen-bond donors (Lipinski definition) is 1. The lowest BCUT2D eigenvalue weighted by Crippen LogP contribution is -2.21. The maximum atomic E-state index is 5.43. The SMILES string of the molecule is C=C(CCCOC(C)C)NC(C)C. The molecule has 2 heteroatoms. The van der Waals surface area contributed by atoms with E-state index in [4.69, 9.17) is 4.74 Å². The fourth-order valence-electron chi connectivity index (χ4n) is 1.09. The Morgan fingerprint density at radius 3 is 2.38 bits per heavy atom. The molecule has 0 unspecified atom stereocenters. The van der Waals surface area contributed by atoms with Crippen LogP contribution in [0.2, 0.25) is 0 Å². The van der Waals surface area contributed by atoms with Gasteiger partial charge >= 0.3 is 0 Å². The quantitative estimate of drug-likeness (QED) is 0.616. The van der Waals surface area contributed by atoms with Gasteiger partial charge in [0.15, 0.2) is 0 Å². The van der Waals surface area contributed by atoms with Gasteiger partial charge in [0.25, 0.3) is 0 Å². The summed E-state index contributed by atoms with van der Waals surface area (Å²) in [5.41, 5.74) is 1.11. The van der Waals surface area contributed by atoms with Gasteiger partial charge in [0.05, 0.1) is 6.10 Å². The van der Waals surface area contributed by atoms with E-state index in [-0.39, 0.29) is 0 Å². The summed E-state index contributed by atoms with van der Waals surface area (Å²) < 4.78 is 5.43. The number of nitrogens with one attached hydrogen (secondary N) is 1. The predicted octanol–water partition coefficient (Wildman–Crippen LogP) is 2.70. The Bertz CT molecular complexity index is 141. The molecule has 0 saturated carbocycles. The molecule has 0 amide bonds. The van der Waals surface area contributed by atoms with Gasteiger partial charge in [0.2, 0.25) is 0 Å². The van der Waals surface area contributed by atoms with Crippen molar-refractivity contribution in [2.24, 2.45) is 0 Å². The molecule has 0 saturated heterocycles. The topological polar surface area (TPSA) is 21.3 Å². The third-order valence-corrected chi connectivity index (χ3v) is 1.57. The zero-order valence-corrected chi connectivity index (χ0v) is 9.39. The number of rotatable bonds is 7. The fraction of sp³-hybridized carbons (Fsp3) is 0.818. The van der Waals surface area contributed by atoms with Gasteiger partial charge in [-0.3, -0.25) is 0 Å². The Morgan fingerprint density at radius 2 is 1.92 bits per heavy atom. The highest BCUT2D eigenvalue weighted by Crippen LogP contribution is 2.01. The van der Waals surface area contributed by atoms with Crippen LogP contribution in [-0.2, 0) is 4.74 Å². The van der Waals surface area contributed by atoms with Crippen molar-refractivity contribution in [3.63, 3.8) is 0 Å². The first-order chi connectivity index (χ1) is 6.02. The number of ether oxygens (including phenoxy) is 1. The van der Waals surface area contributed by atoms with Gasteiger partial charge in [-0.15, -0.1) is 0 Å². The maximum Gasteiger partial charge on any atom is 0.0518 e. The number of allylic oxidation sites excluding steroid dienone is 1. The molecule has 0 rings (SSSR count). The smallest absolute Gasteiger partial charge is 0.0518 e. The van der Waals surface area contributed by atoms with E-state index in [1.807, 2.05) is 0 Å². The van der Waals surface area contributed by atoms with Crippen LogP contribution in [-0.4, -0.2) is 18.8 Å². The summed E-state index contributed by atoms with van der Waals surface area (Å²) in [7, 11) is 0. The van der Waals surface area contributed by atoms with Gasteiger partial charge < -0.3 is 10.1 Å². The number of hydrogen-bond acceptors (Lipinski definition) is 2. The molecule has 0 aliphatic carbocycles. The average Bonchev–Trinajstić information content (AvgIpc) is 1.96. The Balaban J connectivity index is 3.27. The van der Waals surface area contributed by atoms with Crippen molar-refractivity contribution in [3.8, 4) is 0 Å². The van der Waals surface area contributed by atoms with Crippen molar-refractivity contribution in [2.45, 2.75) is 52.7 Å². The van der Waals surface area contributed by atoms with Crippen molar-refractivity contribution >= 4 is 0 Å². The van der Waals surface area contributed by atoms with Crippen LogP contribution in [0.4, 0.5) is 0 Å². The lowest BCUT2D eigenvalue weighted by atomic mass is 10.2. The monoisotopic (exact) mass is 185 g/mol. The normalized spacial score (nSPS) is 10.9. The summed E-state index contributed by atoms with van der Waals surface area (Å²) in [6.45, 7) is 13.1. The molecule has 0 spiro atoms. The van der Waals surface area contributed by atoms with Gasteiger partial charge in [-0.25, -0.2) is 0 Å². The van der Waals surface area contributed by atoms with Crippen LogP contribution in [0.15, 0.2) is 12.3 Å². The van der Waals surface area contributed by atoms with Gasteiger partial charge in [-0.2, -0.15) is 0 Å². The fourth-order valence-corrected chi connectivity index (χ4v) is 1.09. The minimum atomic E-state index is 0.339. The molecule has 13 heavy (non-hydrogen) atoms. The zero-order valence-electron chi connectivity index (χ0n) is 9.39. The highest BCUT2D eigenvalue weighted by Gasteiger charge is 1.97. The van der Waals surface area contributed by atoms with E-state index >= 15 is 0 Å². The van der Waals surface area contributed by atoms with Crippen molar-refractivity contribution in [1.29, 1.82) is 0 Å². The van der Waals surface area contributed by atoms with Crippen molar-refractivity contribution in [2.75, 3.05) is 6.61 Å². The summed E-state index contributed by atoms with van der Waals surface area (Å²) in [6.07, 6.45) is 2.40. The van der Waals surface area contributed by atoms with Crippen LogP contribution < -0.4 is 5.32 Å². The molecular weight excluding hydrogens is 162 g/mol. The van der Waals surface area contributed by atoms with Crippen LogP contribution >= 0.6 is 0 Å². The molecule has 0 fully saturated rings. The van der Waals surface area contributed by atoms with Crippen LogP contribution in [0, 0.1) is 0 Å². The molecule has 78 valence electrons. The third-order valence-electron chi connectivity index (χ3n) is 1.57. The Labute approximate surface area is 82.4 Å². The minimum Gasteiger partial charge on any atom is -0.387 e. The molecule has 0 aliphatic heterocycles. The minimum absolute atomic E-state index is 0.339. The second-order valence-electron chi connectivity index (χ2n) is 3.93. The second-order valence-corrected chi connectivity index (χ2v) is 3.93. The molecule has 2 nitrogen and oxygen atoms in total. The van der Waals surface area contributed by atoms with Crippen LogP contribution in [0.25, 0.3) is 0 Å². The average molecular weight is 185 g/mol. The van der Waals surface area contributed by atoms with E-state index in [1.54, 1.807) is 0 Å². The second kappa shape index (κ2) is 6.96. The molecule has 0 aromatic carbocycles. The molecular formula is C11H23NO. The molecule has 0 aromatic rings.